The van der Waals surface area contributed by atoms with E-state index in [1.807, 2.05) is 30.3 Å². The molecular weight excluding hydrogens is 339 g/mol. The molecule has 0 aliphatic rings. The van der Waals surface area contributed by atoms with E-state index in [2.05, 4.69) is 20.8 Å². The topological polar surface area (TPSA) is 89.3 Å². The Morgan fingerprint density at radius 2 is 2.00 bits per heavy atom. The zero-order chi connectivity index (χ0) is 18.5. The Balaban J connectivity index is 1.62. The van der Waals surface area contributed by atoms with Crippen molar-refractivity contribution in [3.8, 4) is 17.1 Å². The molecule has 0 aliphatic heterocycles. The second-order valence-corrected chi connectivity index (χ2v) is 5.50. The van der Waals surface area contributed by atoms with Crippen molar-refractivity contribution in [3.05, 3.63) is 59.9 Å². The summed E-state index contributed by atoms with van der Waals surface area (Å²) < 4.78 is 23.7. The van der Waals surface area contributed by atoms with Crippen LogP contribution in [-0.4, -0.2) is 23.3 Å². The summed E-state index contributed by atoms with van der Waals surface area (Å²) in [4.78, 5) is 16.2. The van der Waals surface area contributed by atoms with Gasteiger partial charge in [0, 0.05) is 5.56 Å². The van der Waals surface area contributed by atoms with Crippen LogP contribution in [0.2, 0.25) is 0 Å². The zero-order valence-corrected chi connectivity index (χ0v) is 14.2. The minimum absolute atomic E-state index is 0.0329. The van der Waals surface area contributed by atoms with Gasteiger partial charge < -0.3 is 14.6 Å². The maximum Gasteiger partial charge on any atom is 0.329 e. The standard InChI is InChI=1S/C18H17FN4O3/c1-11(13-8-9-15(25-2)14(19)10-13)20-17(24)22-18-21-16(23-26-18)12-6-4-3-5-7-12/h3-11H,1-2H3,(H2,20,21,22,23,24)/t11-/m0/s1. The maximum absolute atomic E-state index is 13.8. The molecular formula is C18H17FN4O3. The summed E-state index contributed by atoms with van der Waals surface area (Å²) in [5.41, 5.74) is 1.36. The number of anilines is 1. The van der Waals surface area contributed by atoms with Gasteiger partial charge in [0.2, 0.25) is 5.82 Å². The normalized spacial score (nSPS) is 11.7. The van der Waals surface area contributed by atoms with E-state index in [-0.39, 0.29) is 11.8 Å². The van der Waals surface area contributed by atoms with Crippen LogP contribution in [0, 0.1) is 5.82 Å². The Hall–Kier alpha value is -3.42. The fourth-order valence-corrected chi connectivity index (χ4v) is 2.34. The van der Waals surface area contributed by atoms with E-state index in [0.717, 1.165) is 5.56 Å². The number of carbonyl (C=O) groups is 1. The van der Waals surface area contributed by atoms with Gasteiger partial charge in [0.25, 0.3) is 0 Å². The van der Waals surface area contributed by atoms with Crippen molar-refractivity contribution < 1.29 is 18.4 Å². The number of nitrogens with zero attached hydrogens (tertiary/aromatic N) is 2. The SMILES string of the molecule is COc1ccc([C@H](C)NC(=O)Nc2nc(-c3ccccc3)no2)cc1F. The number of hydrogen-bond acceptors (Lipinski definition) is 5. The molecule has 0 spiro atoms. The number of nitrogens with one attached hydrogen (secondary N) is 2. The van der Waals surface area contributed by atoms with E-state index in [0.29, 0.717) is 11.4 Å². The average Bonchev–Trinajstić information content (AvgIpc) is 3.10. The van der Waals surface area contributed by atoms with E-state index in [1.165, 1.54) is 19.2 Å². The van der Waals surface area contributed by atoms with Crippen LogP contribution < -0.4 is 15.4 Å². The first-order chi connectivity index (χ1) is 12.6. The average molecular weight is 356 g/mol. The lowest BCUT2D eigenvalue weighted by Gasteiger charge is -2.14. The molecule has 26 heavy (non-hydrogen) atoms. The van der Waals surface area contributed by atoms with Crippen LogP contribution >= 0.6 is 0 Å². The first-order valence-electron chi connectivity index (χ1n) is 7.87. The quantitative estimate of drug-likeness (QED) is 0.726. The van der Waals surface area contributed by atoms with Gasteiger partial charge in [0.05, 0.1) is 13.2 Å². The molecule has 0 bridgehead atoms. The molecule has 1 atom stereocenters. The number of amides is 2. The molecule has 0 fully saturated rings. The van der Waals surface area contributed by atoms with Gasteiger partial charge in [-0.1, -0.05) is 41.6 Å². The van der Waals surface area contributed by atoms with Crippen molar-refractivity contribution in [2.75, 3.05) is 12.4 Å². The molecule has 0 aliphatic carbocycles. The summed E-state index contributed by atoms with van der Waals surface area (Å²) in [5, 5.41) is 8.95. The van der Waals surface area contributed by atoms with Crippen LogP contribution in [0.3, 0.4) is 0 Å². The molecule has 0 unspecified atom stereocenters. The van der Waals surface area contributed by atoms with Gasteiger partial charge in [0.1, 0.15) is 0 Å². The minimum Gasteiger partial charge on any atom is -0.494 e. The first-order valence-corrected chi connectivity index (χ1v) is 7.87. The summed E-state index contributed by atoms with van der Waals surface area (Å²) >= 11 is 0. The summed E-state index contributed by atoms with van der Waals surface area (Å²) in [5.74, 6) is 0.0133. The Morgan fingerprint density at radius 1 is 1.23 bits per heavy atom. The molecule has 0 saturated heterocycles. The van der Waals surface area contributed by atoms with E-state index < -0.39 is 17.9 Å². The van der Waals surface area contributed by atoms with Crippen molar-refractivity contribution in [2.24, 2.45) is 0 Å². The lowest BCUT2D eigenvalue weighted by atomic mass is 10.1. The Bertz CT molecular complexity index is 898. The summed E-state index contributed by atoms with van der Waals surface area (Å²) in [7, 11) is 1.39. The van der Waals surface area contributed by atoms with Crippen LogP contribution in [0.1, 0.15) is 18.5 Å². The number of urea groups is 1. The number of aromatic nitrogens is 2. The molecule has 3 aromatic rings. The number of halogens is 1. The van der Waals surface area contributed by atoms with Gasteiger partial charge in [-0.2, -0.15) is 4.98 Å². The van der Waals surface area contributed by atoms with E-state index in [4.69, 9.17) is 9.26 Å². The van der Waals surface area contributed by atoms with Crippen LogP contribution in [0.15, 0.2) is 53.1 Å². The predicted octanol–water partition coefficient (Wildman–Crippen LogP) is 3.77. The highest BCUT2D eigenvalue weighted by molar-refractivity contribution is 5.87. The van der Waals surface area contributed by atoms with Crippen molar-refractivity contribution >= 4 is 12.0 Å². The third-order valence-electron chi connectivity index (χ3n) is 3.70. The van der Waals surface area contributed by atoms with Crippen molar-refractivity contribution in [1.29, 1.82) is 0 Å². The number of rotatable bonds is 5. The molecule has 8 heteroatoms. The Labute approximate surface area is 149 Å². The molecule has 1 heterocycles. The molecule has 1 aromatic heterocycles. The van der Waals surface area contributed by atoms with Gasteiger partial charge in [-0.05, 0) is 24.6 Å². The number of benzene rings is 2. The highest BCUT2D eigenvalue weighted by atomic mass is 19.1. The highest BCUT2D eigenvalue weighted by Gasteiger charge is 2.15. The number of ether oxygens (including phenoxy) is 1. The second-order valence-electron chi connectivity index (χ2n) is 5.50. The molecule has 2 N–H and O–H groups in total. The van der Waals surface area contributed by atoms with Gasteiger partial charge in [-0.25, -0.2) is 9.18 Å². The van der Waals surface area contributed by atoms with Gasteiger partial charge in [0.15, 0.2) is 11.6 Å². The molecule has 3 rings (SSSR count). The number of methoxy groups -OCH3 is 1. The maximum atomic E-state index is 13.8. The number of carbonyl (C=O) groups excluding carboxylic acids is 1. The number of hydrogen-bond donors (Lipinski definition) is 2. The van der Waals surface area contributed by atoms with E-state index >= 15 is 0 Å². The second kappa shape index (κ2) is 7.64. The lowest BCUT2D eigenvalue weighted by Crippen LogP contribution is -2.31. The van der Waals surface area contributed by atoms with Crippen molar-refractivity contribution in [3.63, 3.8) is 0 Å². The molecule has 2 aromatic carbocycles. The molecule has 0 radical (unpaired) electrons. The van der Waals surface area contributed by atoms with Gasteiger partial charge >= 0.3 is 12.0 Å². The summed E-state index contributed by atoms with van der Waals surface area (Å²) in [6.45, 7) is 1.73. The predicted molar refractivity (Wildman–Crippen MR) is 93.3 cm³/mol. The van der Waals surface area contributed by atoms with E-state index in [9.17, 15) is 9.18 Å². The van der Waals surface area contributed by atoms with Crippen LogP contribution in [0.5, 0.6) is 5.75 Å². The largest absolute Gasteiger partial charge is 0.494 e. The fourth-order valence-electron chi connectivity index (χ4n) is 2.34. The van der Waals surface area contributed by atoms with Gasteiger partial charge in [-0.15, -0.1) is 0 Å². The first kappa shape index (κ1) is 17.4. The molecule has 0 saturated carbocycles. The van der Waals surface area contributed by atoms with Crippen LogP contribution in [-0.2, 0) is 0 Å². The summed E-state index contributed by atoms with van der Waals surface area (Å²) in [6, 6.07) is 12.7. The highest BCUT2D eigenvalue weighted by Crippen LogP contribution is 2.22. The van der Waals surface area contributed by atoms with Gasteiger partial charge in [-0.3, -0.25) is 5.32 Å². The molecule has 7 nitrogen and oxygen atoms in total. The Morgan fingerprint density at radius 3 is 2.69 bits per heavy atom. The van der Waals surface area contributed by atoms with Crippen LogP contribution in [0.4, 0.5) is 15.2 Å². The monoisotopic (exact) mass is 356 g/mol. The van der Waals surface area contributed by atoms with E-state index in [1.54, 1.807) is 13.0 Å². The fraction of sp³-hybridized carbons (Fsp3) is 0.167. The molecule has 134 valence electrons. The zero-order valence-electron chi connectivity index (χ0n) is 14.2. The smallest absolute Gasteiger partial charge is 0.329 e. The minimum atomic E-state index is -0.544. The molecule has 2 amide bonds. The third-order valence-corrected chi connectivity index (χ3v) is 3.70. The van der Waals surface area contributed by atoms with Crippen LogP contribution in [0.25, 0.3) is 11.4 Å². The van der Waals surface area contributed by atoms with Crippen molar-refractivity contribution in [2.45, 2.75) is 13.0 Å². The summed E-state index contributed by atoms with van der Waals surface area (Å²) in [6.07, 6.45) is 0. The Kier molecular flexibility index (Phi) is 5.12. The van der Waals surface area contributed by atoms with Crippen molar-refractivity contribution in [1.82, 2.24) is 15.5 Å². The third kappa shape index (κ3) is 3.97. The lowest BCUT2D eigenvalue weighted by molar-refractivity contribution is 0.248.